The third-order valence-corrected chi connectivity index (χ3v) is 4.35. The molecule has 0 aliphatic rings. The molecule has 5 nitrogen and oxygen atoms in total. The van der Waals surface area contributed by atoms with Crippen LogP contribution in [0, 0.1) is 0 Å². The zero-order chi connectivity index (χ0) is 21.7. The first-order valence-corrected chi connectivity index (χ1v) is 9.58. The van der Waals surface area contributed by atoms with Crippen molar-refractivity contribution in [1.29, 1.82) is 0 Å². The summed E-state index contributed by atoms with van der Waals surface area (Å²) in [4.78, 5) is 7.95. The topological polar surface area (TPSA) is 59.1 Å². The SMILES string of the molecule is CCOc1ccc(Nc2ncc(C(F)(F)F)c(Nc3ccccc3C(C)C)n2)cc1. The Bertz CT molecular complexity index is 988. The normalized spacial score (nSPS) is 11.4. The zero-order valence-electron chi connectivity index (χ0n) is 16.9. The number of para-hydroxylation sites is 1. The number of halogens is 3. The van der Waals surface area contributed by atoms with Crippen LogP contribution in [0.4, 0.5) is 36.3 Å². The molecule has 2 aromatic carbocycles. The predicted octanol–water partition coefficient (Wildman–Crippen LogP) is 6.50. The molecule has 1 aromatic heterocycles. The van der Waals surface area contributed by atoms with Crippen molar-refractivity contribution in [1.82, 2.24) is 9.97 Å². The number of nitrogens with one attached hydrogen (secondary N) is 2. The molecular formula is C22H23F3N4O. The van der Waals surface area contributed by atoms with Gasteiger partial charge in [0.1, 0.15) is 17.1 Å². The molecule has 0 bridgehead atoms. The lowest BCUT2D eigenvalue weighted by atomic mass is 10.0. The van der Waals surface area contributed by atoms with Gasteiger partial charge >= 0.3 is 6.18 Å². The fourth-order valence-electron chi connectivity index (χ4n) is 2.92. The molecule has 0 spiro atoms. The van der Waals surface area contributed by atoms with Gasteiger partial charge < -0.3 is 15.4 Å². The van der Waals surface area contributed by atoms with Crippen LogP contribution in [0.5, 0.6) is 5.75 Å². The highest BCUT2D eigenvalue weighted by Gasteiger charge is 2.35. The Hall–Kier alpha value is -3.29. The molecule has 0 unspecified atom stereocenters. The highest BCUT2D eigenvalue weighted by Crippen LogP contribution is 2.36. The minimum Gasteiger partial charge on any atom is -0.494 e. The largest absolute Gasteiger partial charge is 0.494 e. The van der Waals surface area contributed by atoms with Crippen molar-refractivity contribution < 1.29 is 17.9 Å². The van der Waals surface area contributed by atoms with E-state index in [1.165, 1.54) is 0 Å². The van der Waals surface area contributed by atoms with Crippen molar-refractivity contribution >= 4 is 23.1 Å². The summed E-state index contributed by atoms with van der Waals surface area (Å²) in [6.07, 6.45) is -3.81. The van der Waals surface area contributed by atoms with Gasteiger partial charge in [-0.05, 0) is 48.7 Å². The van der Waals surface area contributed by atoms with Crippen molar-refractivity contribution in [3.05, 3.63) is 65.9 Å². The fourth-order valence-corrected chi connectivity index (χ4v) is 2.92. The van der Waals surface area contributed by atoms with Gasteiger partial charge in [-0.15, -0.1) is 0 Å². The number of benzene rings is 2. The highest BCUT2D eigenvalue weighted by atomic mass is 19.4. The van der Waals surface area contributed by atoms with Gasteiger partial charge in [0.25, 0.3) is 0 Å². The summed E-state index contributed by atoms with van der Waals surface area (Å²) in [7, 11) is 0. The minimum absolute atomic E-state index is 0.0525. The van der Waals surface area contributed by atoms with Crippen molar-refractivity contribution in [2.24, 2.45) is 0 Å². The van der Waals surface area contributed by atoms with Crippen molar-refractivity contribution in [2.45, 2.75) is 32.9 Å². The van der Waals surface area contributed by atoms with E-state index in [2.05, 4.69) is 20.6 Å². The Labute approximate surface area is 173 Å². The molecule has 2 N–H and O–H groups in total. The van der Waals surface area contributed by atoms with E-state index >= 15 is 0 Å². The minimum atomic E-state index is -4.59. The maximum Gasteiger partial charge on any atom is 0.421 e. The summed E-state index contributed by atoms with van der Waals surface area (Å²) in [6, 6.07) is 14.2. The smallest absolute Gasteiger partial charge is 0.421 e. The van der Waals surface area contributed by atoms with E-state index in [0.717, 1.165) is 11.8 Å². The number of ether oxygens (including phenoxy) is 1. The first-order chi connectivity index (χ1) is 14.3. The van der Waals surface area contributed by atoms with E-state index in [1.54, 1.807) is 36.4 Å². The van der Waals surface area contributed by atoms with Gasteiger partial charge in [-0.3, -0.25) is 0 Å². The third-order valence-electron chi connectivity index (χ3n) is 4.35. The van der Waals surface area contributed by atoms with Crippen LogP contribution in [0.3, 0.4) is 0 Å². The van der Waals surface area contributed by atoms with Gasteiger partial charge in [0.05, 0.1) is 6.61 Å². The van der Waals surface area contributed by atoms with E-state index in [4.69, 9.17) is 4.74 Å². The van der Waals surface area contributed by atoms with Crippen LogP contribution in [0.25, 0.3) is 0 Å². The fraction of sp³-hybridized carbons (Fsp3) is 0.273. The third kappa shape index (κ3) is 5.20. The van der Waals surface area contributed by atoms with Gasteiger partial charge in [-0.25, -0.2) is 4.98 Å². The standard InChI is InChI=1S/C22H23F3N4O/c1-4-30-16-11-9-15(10-12-16)27-21-26-13-18(22(23,24)25)20(29-21)28-19-8-6-5-7-17(19)14(2)3/h5-14H,4H2,1-3H3,(H2,26,27,28,29). The van der Waals surface area contributed by atoms with Crippen LogP contribution >= 0.6 is 0 Å². The van der Waals surface area contributed by atoms with Crippen LogP contribution in [-0.2, 0) is 6.18 Å². The molecule has 1 heterocycles. The number of hydrogen-bond donors (Lipinski definition) is 2. The summed E-state index contributed by atoms with van der Waals surface area (Å²) >= 11 is 0. The highest BCUT2D eigenvalue weighted by molar-refractivity contribution is 5.66. The number of rotatable bonds is 7. The lowest BCUT2D eigenvalue weighted by Gasteiger charge is -2.18. The molecule has 3 aromatic rings. The number of hydrogen-bond acceptors (Lipinski definition) is 5. The van der Waals surface area contributed by atoms with Gasteiger partial charge in [0, 0.05) is 17.6 Å². The number of anilines is 4. The average molecular weight is 416 g/mol. The molecule has 0 fully saturated rings. The summed E-state index contributed by atoms with van der Waals surface area (Å²) in [5, 5.41) is 5.78. The van der Waals surface area contributed by atoms with E-state index in [0.29, 0.717) is 23.7 Å². The molecule has 0 atom stereocenters. The van der Waals surface area contributed by atoms with Gasteiger partial charge in [0.2, 0.25) is 5.95 Å². The van der Waals surface area contributed by atoms with Gasteiger partial charge in [-0.1, -0.05) is 32.0 Å². The van der Waals surface area contributed by atoms with Crippen LogP contribution in [0.15, 0.2) is 54.7 Å². The molecular weight excluding hydrogens is 393 g/mol. The molecule has 30 heavy (non-hydrogen) atoms. The quantitative estimate of drug-likeness (QED) is 0.460. The summed E-state index contributed by atoms with van der Waals surface area (Å²) in [5.74, 6) is 0.575. The molecule has 0 aliphatic heterocycles. The molecule has 8 heteroatoms. The Kier molecular flexibility index (Phi) is 6.44. The van der Waals surface area contributed by atoms with Crippen molar-refractivity contribution in [3.8, 4) is 5.75 Å². The molecule has 0 saturated heterocycles. The van der Waals surface area contributed by atoms with Gasteiger partial charge in [0.15, 0.2) is 0 Å². The Morgan fingerprint density at radius 2 is 1.70 bits per heavy atom. The number of alkyl halides is 3. The maximum atomic E-state index is 13.5. The van der Waals surface area contributed by atoms with Gasteiger partial charge in [-0.2, -0.15) is 18.2 Å². The van der Waals surface area contributed by atoms with E-state index in [1.807, 2.05) is 32.9 Å². The second-order valence-electron chi connectivity index (χ2n) is 6.90. The monoisotopic (exact) mass is 416 g/mol. The lowest BCUT2D eigenvalue weighted by Crippen LogP contribution is -2.13. The Balaban J connectivity index is 1.93. The number of aromatic nitrogens is 2. The first kappa shape index (κ1) is 21.4. The van der Waals surface area contributed by atoms with Crippen molar-refractivity contribution in [2.75, 3.05) is 17.2 Å². The molecule has 158 valence electrons. The molecule has 0 saturated carbocycles. The molecule has 0 aliphatic carbocycles. The lowest BCUT2D eigenvalue weighted by molar-refractivity contribution is -0.137. The van der Waals surface area contributed by atoms with E-state index in [9.17, 15) is 13.2 Å². The summed E-state index contributed by atoms with van der Waals surface area (Å²) in [5.41, 5.74) is 1.17. The number of nitrogens with zero attached hydrogens (tertiary/aromatic N) is 2. The Morgan fingerprint density at radius 1 is 1.00 bits per heavy atom. The molecule has 3 rings (SSSR count). The van der Waals surface area contributed by atoms with Crippen LogP contribution in [0.2, 0.25) is 0 Å². The van der Waals surface area contributed by atoms with E-state index in [-0.39, 0.29) is 17.7 Å². The van der Waals surface area contributed by atoms with E-state index < -0.39 is 11.7 Å². The van der Waals surface area contributed by atoms with Crippen molar-refractivity contribution in [3.63, 3.8) is 0 Å². The summed E-state index contributed by atoms with van der Waals surface area (Å²) < 4.78 is 46.0. The second kappa shape index (κ2) is 9.02. The molecule has 0 amide bonds. The second-order valence-corrected chi connectivity index (χ2v) is 6.90. The predicted molar refractivity (Wildman–Crippen MR) is 112 cm³/mol. The zero-order valence-corrected chi connectivity index (χ0v) is 16.9. The maximum absolute atomic E-state index is 13.5. The first-order valence-electron chi connectivity index (χ1n) is 9.58. The molecule has 0 radical (unpaired) electrons. The van der Waals surface area contributed by atoms with Crippen LogP contribution in [0.1, 0.15) is 37.8 Å². The average Bonchev–Trinajstić information content (AvgIpc) is 2.69. The Morgan fingerprint density at radius 3 is 2.33 bits per heavy atom. The van der Waals surface area contributed by atoms with Crippen LogP contribution in [-0.4, -0.2) is 16.6 Å². The summed E-state index contributed by atoms with van der Waals surface area (Å²) in [6.45, 7) is 6.38. The van der Waals surface area contributed by atoms with Crippen LogP contribution < -0.4 is 15.4 Å².